The zero-order valence-corrected chi connectivity index (χ0v) is 15.6. The summed E-state index contributed by atoms with van der Waals surface area (Å²) < 4.78 is 2.89. The van der Waals surface area contributed by atoms with E-state index in [9.17, 15) is 14.4 Å². The molecule has 0 unspecified atom stereocenters. The van der Waals surface area contributed by atoms with Crippen molar-refractivity contribution in [1.29, 1.82) is 0 Å². The van der Waals surface area contributed by atoms with E-state index < -0.39 is 22.9 Å². The molecule has 0 saturated carbocycles. The topological polar surface area (TPSA) is 130 Å². The Bertz CT molecular complexity index is 1130. The molecule has 0 aliphatic carbocycles. The Morgan fingerprint density at radius 1 is 1.15 bits per heavy atom. The second-order valence-corrected chi connectivity index (χ2v) is 6.24. The predicted octanol–water partition coefficient (Wildman–Crippen LogP) is 0.0729. The number of amides is 1. The second-order valence-electron chi connectivity index (χ2n) is 5.43. The number of carbonyl (C=O) groups excluding carboxylic acids is 1. The van der Waals surface area contributed by atoms with Gasteiger partial charge in [-0.05, 0) is 22.6 Å². The molecule has 0 aliphatic rings. The van der Waals surface area contributed by atoms with Crippen LogP contribution in [0.5, 0.6) is 0 Å². The maximum absolute atomic E-state index is 12.7. The molecule has 1 N–H and O–H groups in total. The lowest BCUT2D eigenvalue weighted by molar-refractivity contribution is 0.101. The van der Waals surface area contributed by atoms with E-state index in [4.69, 9.17) is 23.2 Å². The number of benzene rings is 1. The van der Waals surface area contributed by atoms with E-state index in [1.807, 2.05) is 0 Å². The molecule has 0 atom stereocenters. The summed E-state index contributed by atoms with van der Waals surface area (Å²) in [5.74, 6) is -0.858. The van der Waals surface area contributed by atoms with Gasteiger partial charge < -0.3 is 0 Å². The fraction of sp³-hybridized carbons (Fsp3) is 0.214. The fourth-order valence-corrected chi connectivity index (χ4v) is 2.76. The molecular weight excluding hydrogens is 399 g/mol. The Balaban J connectivity index is 2.06. The number of anilines is 1. The van der Waals surface area contributed by atoms with Gasteiger partial charge in [-0.2, -0.15) is 5.10 Å². The molecule has 140 valence electrons. The van der Waals surface area contributed by atoms with Gasteiger partial charge in [0.05, 0.1) is 6.54 Å². The Morgan fingerprint density at radius 2 is 1.81 bits per heavy atom. The summed E-state index contributed by atoms with van der Waals surface area (Å²) in [5, 5.41) is 17.2. The van der Waals surface area contributed by atoms with Crippen molar-refractivity contribution in [3.63, 3.8) is 0 Å². The van der Waals surface area contributed by atoms with Gasteiger partial charge in [-0.15, -0.1) is 0 Å². The number of tetrazole rings is 1. The smallest absolute Gasteiger partial charge is 0.288 e. The van der Waals surface area contributed by atoms with E-state index in [-0.39, 0.29) is 22.5 Å². The first kappa shape index (κ1) is 18.7. The standard InChI is InChI=1S/C14H12Cl2N8O3/c1-22-13(18-20-21-22)17-11(25)10-12(26)24(14(27)23(2)19-10)6-7-8(15)4-3-5-9(7)16/h3-5H,6H2,1-2H3,(H,17,18,21,25). The normalized spacial score (nSPS) is 10.8. The van der Waals surface area contributed by atoms with E-state index in [0.717, 1.165) is 9.25 Å². The van der Waals surface area contributed by atoms with E-state index in [2.05, 4.69) is 25.9 Å². The predicted molar refractivity (Wildman–Crippen MR) is 96.1 cm³/mol. The van der Waals surface area contributed by atoms with Crippen molar-refractivity contribution in [2.45, 2.75) is 6.54 Å². The SMILES string of the molecule is Cn1nnnc1NC(=O)c1nn(C)c(=O)n(Cc2c(Cl)cccc2Cl)c1=O. The number of carbonyl (C=O) groups is 1. The quantitative estimate of drug-likeness (QED) is 0.643. The van der Waals surface area contributed by atoms with Crippen LogP contribution in [-0.4, -0.2) is 40.5 Å². The van der Waals surface area contributed by atoms with E-state index in [1.165, 1.54) is 18.8 Å². The number of aromatic nitrogens is 7. The van der Waals surface area contributed by atoms with Crippen molar-refractivity contribution in [2.24, 2.45) is 14.1 Å². The van der Waals surface area contributed by atoms with Crippen LogP contribution in [0.1, 0.15) is 16.1 Å². The van der Waals surface area contributed by atoms with Crippen molar-refractivity contribution in [3.05, 3.63) is 60.3 Å². The van der Waals surface area contributed by atoms with Crippen molar-refractivity contribution in [1.82, 2.24) is 34.6 Å². The lowest BCUT2D eigenvalue weighted by Crippen LogP contribution is -2.44. The van der Waals surface area contributed by atoms with Gasteiger partial charge in [-0.3, -0.25) is 19.5 Å². The maximum atomic E-state index is 12.7. The highest BCUT2D eigenvalue weighted by molar-refractivity contribution is 6.35. The van der Waals surface area contributed by atoms with Gasteiger partial charge in [0.15, 0.2) is 0 Å². The summed E-state index contributed by atoms with van der Waals surface area (Å²) in [6.07, 6.45) is 0. The molecular formula is C14H12Cl2N8O3. The van der Waals surface area contributed by atoms with Crippen molar-refractivity contribution >= 4 is 35.1 Å². The molecule has 0 fully saturated rings. The number of hydrogen-bond acceptors (Lipinski definition) is 7. The zero-order chi connectivity index (χ0) is 19.7. The van der Waals surface area contributed by atoms with Crippen LogP contribution in [0.2, 0.25) is 10.0 Å². The average Bonchev–Trinajstić information content (AvgIpc) is 3.02. The fourth-order valence-electron chi connectivity index (χ4n) is 2.24. The lowest BCUT2D eigenvalue weighted by Gasteiger charge is -2.11. The molecule has 27 heavy (non-hydrogen) atoms. The minimum Gasteiger partial charge on any atom is -0.288 e. The van der Waals surface area contributed by atoms with E-state index in [0.29, 0.717) is 5.56 Å². The van der Waals surface area contributed by atoms with E-state index in [1.54, 1.807) is 18.2 Å². The van der Waals surface area contributed by atoms with Crippen LogP contribution < -0.4 is 16.6 Å². The van der Waals surface area contributed by atoms with Crippen LogP contribution in [0.3, 0.4) is 0 Å². The molecule has 0 radical (unpaired) electrons. The summed E-state index contributed by atoms with van der Waals surface area (Å²) in [5.41, 5.74) is -1.77. The van der Waals surface area contributed by atoms with Crippen LogP contribution in [0, 0.1) is 0 Å². The highest BCUT2D eigenvalue weighted by Gasteiger charge is 2.21. The van der Waals surface area contributed by atoms with Gasteiger partial charge in [-0.25, -0.2) is 14.2 Å². The molecule has 0 bridgehead atoms. The number of aryl methyl sites for hydroxylation is 2. The molecule has 0 aliphatic heterocycles. The third-order valence-corrected chi connectivity index (χ3v) is 4.35. The Labute approximate surface area is 161 Å². The van der Waals surface area contributed by atoms with Crippen LogP contribution >= 0.6 is 23.2 Å². The van der Waals surface area contributed by atoms with Gasteiger partial charge in [0.25, 0.3) is 11.5 Å². The third-order valence-electron chi connectivity index (χ3n) is 3.64. The lowest BCUT2D eigenvalue weighted by atomic mass is 10.2. The van der Waals surface area contributed by atoms with Gasteiger partial charge >= 0.3 is 5.69 Å². The molecule has 0 spiro atoms. The number of nitrogens with zero attached hydrogens (tertiary/aromatic N) is 7. The van der Waals surface area contributed by atoms with Crippen LogP contribution in [0.4, 0.5) is 5.95 Å². The third kappa shape index (κ3) is 3.59. The number of nitrogens with one attached hydrogen (secondary N) is 1. The van der Waals surface area contributed by atoms with Gasteiger partial charge in [0.1, 0.15) is 0 Å². The molecule has 0 saturated heterocycles. The summed E-state index contributed by atoms with van der Waals surface area (Å²) in [7, 11) is 2.81. The second kappa shape index (κ2) is 7.29. The molecule has 1 amide bonds. The van der Waals surface area contributed by atoms with Crippen LogP contribution in [0.25, 0.3) is 0 Å². The molecule has 1 aromatic carbocycles. The van der Waals surface area contributed by atoms with Crippen LogP contribution in [-0.2, 0) is 20.6 Å². The van der Waals surface area contributed by atoms with Crippen LogP contribution in [0.15, 0.2) is 27.8 Å². The molecule has 13 heteroatoms. The Hall–Kier alpha value is -3.05. The summed E-state index contributed by atoms with van der Waals surface area (Å²) >= 11 is 12.2. The highest BCUT2D eigenvalue weighted by Crippen LogP contribution is 2.24. The molecule has 2 aromatic heterocycles. The van der Waals surface area contributed by atoms with Crippen molar-refractivity contribution < 1.29 is 4.79 Å². The number of halogens is 2. The molecule has 2 heterocycles. The Kier molecular flexibility index (Phi) is 5.06. The monoisotopic (exact) mass is 410 g/mol. The molecule has 11 nitrogen and oxygen atoms in total. The number of hydrogen-bond donors (Lipinski definition) is 1. The van der Waals surface area contributed by atoms with Gasteiger partial charge in [0, 0.05) is 29.7 Å². The Morgan fingerprint density at radius 3 is 2.41 bits per heavy atom. The largest absolute Gasteiger partial charge is 0.347 e. The maximum Gasteiger partial charge on any atom is 0.347 e. The van der Waals surface area contributed by atoms with E-state index >= 15 is 0 Å². The summed E-state index contributed by atoms with van der Waals surface area (Å²) in [4.78, 5) is 37.5. The zero-order valence-electron chi connectivity index (χ0n) is 14.1. The first-order chi connectivity index (χ1) is 12.8. The molecule has 3 aromatic rings. The van der Waals surface area contributed by atoms with Crippen molar-refractivity contribution in [3.8, 4) is 0 Å². The molecule has 3 rings (SSSR count). The average molecular weight is 411 g/mol. The number of rotatable bonds is 4. The first-order valence-electron chi connectivity index (χ1n) is 7.44. The summed E-state index contributed by atoms with van der Waals surface area (Å²) in [6, 6.07) is 4.79. The minimum atomic E-state index is -0.901. The van der Waals surface area contributed by atoms with Gasteiger partial charge in [0.2, 0.25) is 11.6 Å². The highest BCUT2D eigenvalue weighted by atomic mass is 35.5. The first-order valence-corrected chi connectivity index (χ1v) is 8.20. The van der Waals surface area contributed by atoms with Crippen molar-refractivity contribution in [2.75, 3.05) is 5.32 Å². The summed E-state index contributed by atoms with van der Waals surface area (Å²) in [6.45, 7) is -0.224. The minimum absolute atomic E-state index is 0.00995. The van der Waals surface area contributed by atoms with Gasteiger partial charge in [-0.1, -0.05) is 34.4 Å².